The van der Waals surface area contributed by atoms with Crippen LogP contribution in [-0.4, -0.2) is 81.2 Å². The van der Waals surface area contributed by atoms with Gasteiger partial charge in [0, 0.05) is 39.8 Å². The maximum atomic E-state index is 13.4. The van der Waals surface area contributed by atoms with Crippen molar-refractivity contribution in [2.45, 2.75) is 32.4 Å². The number of benzene rings is 1. The molecular weight excluding hydrogens is 500 g/mol. The van der Waals surface area contributed by atoms with Crippen LogP contribution >= 0.6 is 24.0 Å². The summed E-state index contributed by atoms with van der Waals surface area (Å²) in [4.78, 5) is 20.3. The average molecular weight is 535 g/mol. The van der Waals surface area contributed by atoms with E-state index < -0.39 is 0 Å². The molecule has 1 heterocycles. The normalized spacial score (nSPS) is 16.9. The van der Waals surface area contributed by atoms with Gasteiger partial charge in [0.05, 0.1) is 19.3 Å². The SMILES string of the molecule is CCC(C)NC(=NCC(=O)N(C)C)NCC(c1ccc(F)cc1)N1CCOCC1.I. The second kappa shape index (κ2) is 13.8. The van der Waals surface area contributed by atoms with Gasteiger partial charge in [-0.3, -0.25) is 9.69 Å². The second-order valence-corrected chi connectivity index (χ2v) is 7.50. The molecule has 1 aromatic rings. The lowest BCUT2D eigenvalue weighted by molar-refractivity contribution is -0.127. The number of carbonyl (C=O) groups excluding carboxylic acids is 1. The molecule has 2 unspecified atom stereocenters. The highest BCUT2D eigenvalue weighted by molar-refractivity contribution is 14.0. The van der Waals surface area contributed by atoms with Gasteiger partial charge in [0.2, 0.25) is 5.91 Å². The number of halogens is 2. The lowest BCUT2D eigenvalue weighted by Gasteiger charge is -2.35. The maximum Gasteiger partial charge on any atom is 0.243 e. The number of nitrogens with one attached hydrogen (secondary N) is 2. The standard InChI is InChI=1S/C21H34FN5O2.HI/c1-5-16(2)25-21(24-15-20(28)26(3)4)23-14-19(27-10-12-29-13-11-27)17-6-8-18(22)9-7-17;/h6-9,16,19H,5,10-15H2,1-4H3,(H2,23,24,25);1H. The van der Waals surface area contributed by atoms with Crippen LogP contribution in [0.15, 0.2) is 29.3 Å². The van der Waals surface area contributed by atoms with Crippen molar-refractivity contribution in [2.24, 2.45) is 4.99 Å². The molecule has 1 fully saturated rings. The molecule has 1 aromatic carbocycles. The molecule has 7 nitrogen and oxygen atoms in total. The molecule has 0 spiro atoms. The van der Waals surface area contributed by atoms with Crippen LogP contribution in [0.3, 0.4) is 0 Å². The first-order valence-corrected chi connectivity index (χ1v) is 10.2. The molecule has 1 saturated heterocycles. The number of nitrogens with zero attached hydrogens (tertiary/aromatic N) is 3. The van der Waals surface area contributed by atoms with E-state index in [0.717, 1.165) is 25.1 Å². The largest absolute Gasteiger partial charge is 0.379 e. The van der Waals surface area contributed by atoms with Crippen molar-refractivity contribution in [2.75, 3.05) is 53.5 Å². The minimum Gasteiger partial charge on any atom is -0.379 e. The molecular formula is C21H35FIN5O2. The number of aliphatic imine (C=N–C) groups is 1. The number of guanidine groups is 1. The predicted octanol–water partition coefficient (Wildman–Crippen LogP) is 2.24. The van der Waals surface area contributed by atoms with Gasteiger partial charge in [-0.05, 0) is 31.0 Å². The Bertz CT molecular complexity index is 666. The fourth-order valence-electron chi connectivity index (χ4n) is 3.00. The molecule has 9 heteroatoms. The molecule has 2 N–H and O–H groups in total. The number of hydrogen-bond donors (Lipinski definition) is 2. The summed E-state index contributed by atoms with van der Waals surface area (Å²) in [6.07, 6.45) is 0.938. The summed E-state index contributed by atoms with van der Waals surface area (Å²) in [5.41, 5.74) is 1.04. The fourth-order valence-corrected chi connectivity index (χ4v) is 3.00. The van der Waals surface area contributed by atoms with Gasteiger partial charge in [-0.15, -0.1) is 24.0 Å². The first-order valence-electron chi connectivity index (χ1n) is 10.2. The molecule has 1 aliphatic rings. The number of rotatable bonds is 8. The summed E-state index contributed by atoms with van der Waals surface area (Å²) in [7, 11) is 3.44. The van der Waals surface area contributed by atoms with Crippen LogP contribution in [0.2, 0.25) is 0 Å². The zero-order valence-corrected chi connectivity index (χ0v) is 20.7. The van der Waals surface area contributed by atoms with Crippen molar-refractivity contribution in [3.63, 3.8) is 0 Å². The van der Waals surface area contributed by atoms with Crippen LogP contribution in [-0.2, 0) is 9.53 Å². The number of amides is 1. The Labute approximate surface area is 196 Å². The summed E-state index contributed by atoms with van der Waals surface area (Å²) >= 11 is 0. The number of carbonyl (C=O) groups is 1. The van der Waals surface area contributed by atoms with E-state index in [1.54, 1.807) is 14.1 Å². The minimum atomic E-state index is -0.245. The summed E-state index contributed by atoms with van der Waals surface area (Å²) in [5.74, 6) is 0.304. The summed E-state index contributed by atoms with van der Waals surface area (Å²) in [6, 6.07) is 6.91. The highest BCUT2D eigenvalue weighted by Gasteiger charge is 2.23. The molecule has 2 atom stereocenters. The van der Waals surface area contributed by atoms with Crippen LogP contribution in [0.4, 0.5) is 4.39 Å². The molecule has 0 radical (unpaired) electrons. The monoisotopic (exact) mass is 535 g/mol. The van der Waals surface area contributed by atoms with Gasteiger partial charge in [-0.25, -0.2) is 9.38 Å². The third-order valence-corrected chi connectivity index (χ3v) is 5.07. The summed E-state index contributed by atoms with van der Waals surface area (Å²) in [6.45, 7) is 7.83. The van der Waals surface area contributed by atoms with Gasteiger partial charge < -0.3 is 20.3 Å². The predicted molar refractivity (Wildman–Crippen MR) is 129 cm³/mol. The quantitative estimate of drug-likeness (QED) is 0.304. The van der Waals surface area contributed by atoms with Gasteiger partial charge >= 0.3 is 0 Å². The van der Waals surface area contributed by atoms with Gasteiger partial charge in [-0.2, -0.15) is 0 Å². The van der Waals surface area contributed by atoms with E-state index >= 15 is 0 Å². The van der Waals surface area contributed by atoms with E-state index in [-0.39, 0.29) is 54.3 Å². The molecule has 0 saturated carbocycles. The molecule has 0 aliphatic carbocycles. The van der Waals surface area contributed by atoms with E-state index in [0.29, 0.717) is 25.7 Å². The van der Waals surface area contributed by atoms with Gasteiger partial charge in [-0.1, -0.05) is 19.1 Å². The molecule has 1 aliphatic heterocycles. The lowest BCUT2D eigenvalue weighted by atomic mass is 10.0. The first-order chi connectivity index (χ1) is 13.9. The average Bonchev–Trinajstić information content (AvgIpc) is 2.73. The van der Waals surface area contributed by atoms with Crippen molar-refractivity contribution in [1.29, 1.82) is 0 Å². The van der Waals surface area contributed by atoms with Gasteiger partial charge in [0.1, 0.15) is 12.4 Å². The smallest absolute Gasteiger partial charge is 0.243 e. The van der Waals surface area contributed by atoms with Gasteiger partial charge in [0.25, 0.3) is 0 Å². The van der Waals surface area contributed by atoms with Crippen molar-refractivity contribution in [3.05, 3.63) is 35.6 Å². The molecule has 2 rings (SSSR count). The number of morpholine rings is 1. The number of ether oxygens (including phenoxy) is 1. The summed E-state index contributed by atoms with van der Waals surface area (Å²) < 4.78 is 18.9. The van der Waals surface area contributed by atoms with E-state index in [9.17, 15) is 9.18 Å². The van der Waals surface area contributed by atoms with E-state index in [2.05, 4.69) is 34.4 Å². The Hall–Kier alpha value is -1.46. The topological polar surface area (TPSA) is 69.2 Å². The molecule has 170 valence electrons. The third kappa shape index (κ3) is 8.73. The van der Waals surface area contributed by atoms with Crippen molar-refractivity contribution in [3.8, 4) is 0 Å². The molecule has 0 aromatic heterocycles. The first kappa shape index (κ1) is 26.6. The Kier molecular flexibility index (Phi) is 12.2. The summed E-state index contributed by atoms with van der Waals surface area (Å²) in [5, 5.41) is 6.73. The Morgan fingerprint density at radius 1 is 1.27 bits per heavy atom. The van der Waals surface area contributed by atoms with Crippen LogP contribution in [0, 0.1) is 5.82 Å². The zero-order chi connectivity index (χ0) is 21.2. The second-order valence-electron chi connectivity index (χ2n) is 7.50. The van der Waals surface area contributed by atoms with Crippen LogP contribution < -0.4 is 10.6 Å². The fraction of sp³-hybridized carbons (Fsp3) is 0.619. The van der Waals surface area contributed by atoms with Crippen LogP contribution in [0.1, 0.15) is 31.9 Å². The zero-order valence-electron chi connectivity index (χ0n) is 18.4. The molecule has 30 heavy (non-hydrogen) atoms. The number of likely N-dealkylation sites (N-methyl/N-ethyl adjacent to an activating group) is 1. The van der Waals surface area contributed by atoms with Crippen LogP contribution in [0.5, 0.6) is 0 Å². The van der Waals surface area contributed by atoms with E-state index in [1.165, 1.54) is 17.0 Å². The van der Waals surface area contributed by atoms with Crippen molar-refractivity contribution in [1.82, 2.24) is 20.4 Å². The highest BCUT2D eigenvalue weighted by Crippen LogP contribution is 2.21. The van der Waals surface area contributed by atoms with Crippen molar-refractivity contribution >= 4 is 35.8 Å². The lowest BCUT2D eigenvalue weighted by Crippen LogP contribution is -2.48. The Balaban J connectivity index is 0.00000450. The van der Waals surface area contributed by atoms with Crippen LogP contribution in [0.25, 0.3) is 0 Å². The number of hydrogen-bond acceptors (Lipinski definition) is 4. The van der Waals surface area contributed by atoms with Crippen molar-refractivity contribution < 1.29 is 13.9 Å². The van der Waals surface area contributed by atoms with E-state index in [1.807, 2.05) is 12.1 Å². The maximum absolute atomic E-state index is 13.4. The van der Waals surface area contributed by atoms with E-state index in [4.69, 9.17) is 4.74 Å². The third-order valence-electron chi connectivity index (χ3n) is 5.07. The highest BCUT2D eigenvalue weighted by atomic mass is 127. The minimum absolute atomic E-state index is 0. The molecule has 0 bridgehead atoms. The Morgan fingerprint density at radius 2 is 1.90 bits per heavy atom. The van der Waals surface area contributed by atoms with Gasteiger partial charge in [0.15, 0.2) is 5.96 Å². The molecule has 1 amide bonds. The Morgan fingerprint density at radius 3 is 2.47 bits per heavy atom.